The number of nitrogens with zero attached hydrogens (tertiary/aromatic N) is 2. The Hall–Kier alpha value is -3.55. The lowest BCUT2D eigenvalue weighted by Gasteiger charge is -2.11. The van der Waals surface area contributed by atoms with Crippen molar-refractivity contribution >= 4 is 11.9 Å². The van der Waals surface area contributed by atoms with Gasteiger partial charge in [0.15, 0.2) is 11.5 Å². The van der Waals surface area contributed by atoms with Gasteiger partial charge in [-0.2, -0.15) is 0 Å². The van der Waals surface area contributed by atoms with Crippen LogP contribution >= 0.6 is 0 Å². The molecular formula is C24H29N3O5. The van der Waals surface area contributed by atoms with E-state index in [1.807, 2.05) is 19.9 Å². The van der Waals surface area contributed by atoms with E-state index in [2.05, 4.69) is 22.4 Å². The Kier molecular flexibility index (Phi) is 8.48. The Labute approximate surface area is 187 Å². The summed E-state index contributed by atoms with van der Waals surface area (Å²) in [6.07, 6.45) is 3.22. The zero-order valence-electron chi connectivity index (χ0n) is 18.7. The molecule has 3 aromatic rings. The van der Waals surface area contributed by atoms with E-state index in [0.29, 0.717) is 48.2 Å². The van der Waals surface area contributed by atoms with Gasteiger partial charge >= 0.3 is 6.01 Å². The monoisotopic (exact) mass is 439 g/mol. The van der Waals surface area contributed by atoms with Gasteiger partial charge in [0.05, 0.1) is 19.8 Å². The predicted molar refractivity (Wildman–Crippen MR) is 121 cm³/mol. The van der Waals surface area contributed by atoms with Crippen molar-refractivity contribution < 1.29 is 23.4 Å². The number of carbonyl (C=O) groups excluding carboxylic acids is 1. The zero-order valence-corrected chi connectivity index (χ0v) is 18.7. The fraction of sp³-hybridized carbons (Fsp3) is 0.375. The molecule has 0 aliphatic heterocycles. The summed E-state index contributed by atoms with van der Waals surface area (Å²) in [5.41, 5.74) is 1.10. The van der Waals surface area contributed by atoms with E-state index in [1.165, 1.54) is 0 Å². The third-order valence-corrected chi connectivity index (χ3v) is 4.55. The molecule has 0 saturated heterocycles. The molecule has 0 unspecified atom stereocenters. The van der Waals surface area contributed by atoms with Gasteiger partial charge in [-0.15, -0.1) is 5.10 Å². The van der Waals surface area contributed by atoms with Gasteiger partial charge in [-0.1, -0.05) is 30.9 Å². The van der Waals surface area contributed by atoms with Crippen molar-refractivity contribution in [3.8, 4) is 28.7 Å². The minimum Gasteiger partial charge on any atom is -0.494 e. The van der Waals surface area contributed by atoms with Crippen molar-refractivity contribution in [1.82, 2.24) is 10.2 Å². The van der Waals surface area contributed by atoms with Gasteiger partial charge in [0.2, 0.25) is 5.89 Å². The highest BCUT2D eigenvalue weighted by molar-refractivity contribution is 6.03. The number of nitrogens with one attached hydrogen (secondary N) is 1. The van der Waals surface area contributed by atoms with Gasteiger partial charge in [-0.05, 0) is 56.7 Å². The number of aromatic nitrogens is 2. The summed E-state index contributed by atoms with van der Waals surface area (Å²) < 4.78 is 22.6. The molecule has 0 atom stereocenters. The number of hydrogen-bond donors (Lipinski definition) is 1. The fourth-order valence-corrected chi connectivity index (χ4v) is 3.01. The molecule has 8 heteroatoms. The lowest BCUT2D eigenvalue weighted by molar-refractivity contribution is 0.102. The molecule has 0 aliphatic rings. The summed E-state index contributed by atoms with van der Waals surface area (Å²) >= 11 is 0. The molecule has 0 spiro atoms. The van der Waals surface area contributed by atoms with Crippen LogP contribution in [0.15, 0.2) is 46.9 Å². The Morgan fingerprint density at radius 2 is 1.75 bits per heavy atom. The first kappa shape index (κ1) is 23.1. The highest BCUT2D eigenvalue weighted by atomic mass is 16.5. The highest BCUT2D eigenvalue weighted by Gasteiger charge is 2.15. The van der Waals surface area contributed by atoms with Crippen LogP contribution in [0.5, 0.6) is 17.2 Å². The van der Waals surface area contributed by atoms with Gasteiger partial charge in [-0.3, -0.25) is 10.1 Å². The second-order valence-electron chi connectivity index (χ2n) is 6.98. The molecule has 0 fully saturated rings. The second kappa shape index (κ2) is 11.7. The van der Waals surface area contributed by atoms with Gasteiger partial charge in [0, 0.05) is 11.1 Å². The average molecular weight is 440 g/mol. The van der Waals surface area contributed by atoms with Crippen molar-refractivity contribution in [1.29, 1.82) is 0 Å². The molecule has 2 aromatic carbocycles. The Bertz CT molecular complexity index is 1020. The molecular weight excluding hydrogens is 410 g/mol. The van der Waals surface area contributed by atoms with Crippen molar-refractivity contribution in [2.75, 3.05) is 25.1 Å². The Morgan fingerprint density at radius 3 is 2.53 bits per heavy atom. The molecule has 0 radical (unpaired) electrons. The largest absolute Gasteiger partial charge is 0.494 e. The van der Waals surface area contributed by atoms with Crippen molar-refractivity contribution in [2.24, 2.45) is 0 Å². The van der Waals surface area contributed by atoms with Crippen LogP contribution in [0.3, 0.4) is 0 Å². The lowest BCUT2D eigenvalue weighted by atomic mass is 10.2. The van der Waals surface area contributed by atoms with Crippen LogP contribution in [-0.2, 0) is 0 Å². The lowest BCUT2D eigenvalue weighted by Crippen LogP contribution is -2.12. The SMILES string of the molecule is CCCCCOc1cccc(C(=O)Nc2nnc(-c3ccc(OCC)c(OCC)c3)o2)c1. The van der Waals surface area contributed by atoms with Crippen molar-refractivity contribution in [2.45, 2.75) is 40.0 Å². The quantitative estimate of drug-likeness (QED) is 0.380. The number of benzene rings is 2. The van der Waals surface area contributed by atoms with Gasteiger partial charge < -0.3 is 18.6 Å². The summed E-state index contributed by atoms with van der Waals surface area (Å²) in [5.74, 6) is 1.78. The van der Waals surface area contributed by atoms with E-state index in [4.69, 9.17) is 18.6 Å². The molecule has 170 valence electrons. The number of anilines is 1. The number of carbonyl (C=O) groups is 1. The molecule has 0 saturated carbocycles. The highest BCUT2D eigenvalue weighted by Crippen LogP contribution is 2.33. The smallest absolute Gasteiger partial charge is 0.322 e. The number of hydrogen-bond acceptors (Lipinski definition) is 7. The van der Waals surface area contributed by atoms with Crippen LogP contribution in [0.25, 0.3) is 11.5 Å². The molecule has 0 aliphatic carbocycles. The molecule has 1 N–H and O–H groups in total. The molecule has 1 amide bonds. The maximum absolute atomic E-state index is 12.6. The first-order valence-corrected chi connectivity index (χ1v) is 10.9. The van der Waals surface area contributed by atoms with Crippen LogP contribution in [0.1, 0.15) is 50.4 Å². The van der Waals surface area contributed by atoms with Gasteiger partial charge in [-0.25, -0.2) is 0 Å². The van der Waals surface area contributed by atoms with E-state index in [1.54, 1.807) is 36.4 Å². The van der Waals surface area contributed by atoms with E-state index in [0.717, 1.165) is 19.3 Å². The van der Waals surface area contributed by atoms with Gasteiger partial charge in [0.25, 0.3) is 5.91 Å². The number of amides is 1. The van der Waals surface area contributed by atoms with Crippen molar-refractivity contribution in [3.63, 3.8) is 0 Å². The first-order valence-electron chi connectivity index (χ1n) is 10.9. The van der Waals surface area contributed by atoms with Gasteiger partial charge in [0.1, 0.15) is 5.75 Å². The third-order valence-electron chi connectivity index (χ3n) is 4.55. The summed E-state index contributed by atoms with van der Waals surface area (Å²) in [7, 11) is 0. The Morgan fingerprint density at radius 1 is 0.938 bits per heavy atom. The predicted octanol–water partition coefficient (Wildman–Crippen LogP) is 5.36. The van der Waals surface area contributed by atoms with Crippen LogP contribution < -0.4 is 19.5 Å². The topological polar surface area (TPSA) is 95.7 Å². The summed E-state index contributed by atoms with van der Waals surface area (Å²) in [6.45, 7) is 7.59. The zero-order chi connectivity index (χ0) is 22.8. The maximum Gasteiger partial charge on any atom is 0.322 e. The Balaban J connectivity index is 1.67. The minimum absolute atomic E-state index is 0.00566. The minimum atomic E-state index is -0.360. The van der Waals surface area contributed by atoms with E-state index in [-0.39, 0.29) is 17.8 Å². The van der Waals surface area contributed by atoms with E-state index in [9.17, 15) is 4.79 Å². The molecule has 32 heavy (non-hydrogen) atoms. The number of ether oxygens (including phenoxy) is 3. The normalized spacial score (nSPS) is 10.6. The summed E-state index contributed by atoms with van der Waals surface area (Å²) in [4.78, 5) is 12.6. The third kappa shape index (κ3) is 6.23. The second-order valence-corrected chi connectivity index (χ2v) is 6.98. The average Bonchev–Trinajstić information content (AvgIpc) is 3.27. The van der Waals surface area contributed by atoms with Crippen LogP contribution in [0.4, 0.5) is 6.01 Å². The molecule has 1 heterocycles. The molecule has 1 aromatic heterocycles. The maximum atomic E-state index is 12.6. The number of rotatable bonds is 12. The molecule has 8 nitrogen and oxygen atoms in total. The number of unbranched alkanes of at least 4 members (excludes halogenated alkanes) is 2. The molecule has 0 bridgehead atoms. The van der Waals surface area contributed by atoms with Crippen LogP contribution in [0, 0.1) is 0 Å². The molecule has 3 rings (SSSR count). The summed E-state index contributed by atoms with van der Waals surface area (Å²) in [5, 5.41) is 10.6. The fourth-order valence-electron chi connectivity index (χ4n) is 3.01. The first-order chi connectivity index (χ1) is 15.6. The van der Waals surface area contributed by atoms with E-state index < -0.39 is 0 Å². The van der Waals surface area contributed by atoms with Crippen LogP contribution in [-0.4, -0.2) is 35.9 Å². The van der Waals surface area contributed by atoms with Crippen LogP contribution in [0.2, 0.25) is 0 Å². The van der Waals surface area contributed by atoms with Crippen molar-refractivity contribution in [3.05, 3.63) is 48.0 Å². The van der Waals surface area contributed by atoms with E-state index >= 15 is 0 Å². The summed E-state index contributed by atoms with van der Waals surface area (Å²) in [6, 6.07) is 12.4. The standard InChI is InChI=1S/C24H29N3O5/c1-4-7-8-14-31-19-11-9-10-17(15-19)22(28)25-24-27-26-23(32-24)18-12-13-20(29-5-2)21(16-18)30-6-3/h9-13,15-16H,4-8,14H2,1-3H3,(H,25,27,28).